The molecule has 4 N–H and O–H groups in total. The molecule has 2 heterocycles. The van der Waals surface area contributed by atoms with Gasteiger partial charge in [0.2, 0.25) is 12.5 Å². The van der Waals surface area contributed by atoms with Gasteiger partial charge in [-0.05, 0) is 17.7 Å². The average molecular weight is 289 g/mol. The van der Waals surface area contributed by atoms with Crippen molar-refractivity contribution >= 4 is 11.6 Å². The Balaban J connectivity index is 1.76. The van der Waals surface area contributed by atoms with Gasteiger partial charge >= 0.3 is 0 Å². The van der Waals surface area contributed by atoms with E-state index < -0.39 is 0 Å². The van der Waals surface area contributed by atoms with Crippen LogP contribution in [0.1, 0.15) is 5.56 Å². The number of nitrogens with one attached hydrogen (secondary N) is 2. The number of nitrogens with zero attached hydrogens (tertiary/aromatic N) is 2. The molecule has 1 aliphatic rings. The van der Waals surface area contributed by atoms with Crippen molar-refractivity contribution in [3.63, 3.8) is 0 Å². The van der Waals surface area contributed by atoms with Crippen LogP contribution in [-0.2, 0) is 6.54 Å². The first-order valence-corrected chi connectivity index (χ1v) is 6.30. The second-order valence-corrected chi connectivity index (χ2v) is 4.29. The van der Waals surface area contributed by atoms with E-state index in [2.05, 4.69) is 20.7 Å². The van der Waals surface area contributed by atoms with Crippen molar-refractivity contribution in [2.24, 2.45) is 5.84 Å². The Bertz CT molecular complexity index is 650. The normalized spacial score (nSPS) is 12.1. The Hall–Kier alpha value is -2.74. The van der Waals surface area contributed by atoms with Crippen LogP contribution in [0.15, 0.2) is 24.5 Å². The first-order chi connectivity index (χ1) is 10.3. The van der Waals surface area contributed by atoms with E-state index in [0.717, 1.165) is 17.1 Å². The van der Waals surface area contributed by atoms with Crippen LogP contribution in [0.3, 0.4) is 0 Å². The van der Waals surface area contributed by atoms with E-state index in [4.69, 9.17) is 20.1 Å². The fourth-order valence-corrected chi connectivity index (χ4v) is 2.03. The molecular weight excluding hydrogens is 274 g/mol. The number of fused-ring (bicyclic) bond motifs is 1. The van der Waals surface area contributed by atoms with Gasteiger partial charge in [-0.15, -0.1) is 0 Å². The maximum atomic E-state index is 5.39. The van der Waals surface area contributed by atoms with Gasteiger partial charge in [-0.25, -0.2) is 15.8 Å². The van der Waals surface area contributed by atoms with Gasteiger partial charge in [0.1, 0.15) is 6.33 Å². The van der Waals surface area contributed by atoms with E-state index in [1.807, 2.05) is 18.2 Å². The second kappa shape index (κ2) is 5.71. The zero-order valence-electron chi connectivity index (χ0n) is 11.4. The number of methoxy groups -OCH3 is 1. The number of benzene rings is 1. The van der Waals surface area contributed by atoms with Crippen LogP contribution in [0.2, 0.25) is 0 Å². The van der Waals surface area contributed by atoms with Crippen molar-refractivity contribution in [3.8, 4) is 17.2 Å². The zero-order chi connectivity index (χ0) is 14.7. The molecule has 0 saturated carbocycles. The minimum atomic E-state index is 0.261. The van der Waals surface area contributed by atoms with Crippen molar-refractivity contribution in [2.45, 2.75) is 6.54 Å². The quantitative estimate of drug-likeness (QED) is 0.555. The van der Waals surface area contributed by atoms with E-state index in [1.54, 1.807) is 0 Å². The molecule has 0 spiro atoms. The van der Waals surface area contributed by atoms with Crippen LogP contribution in [0, 0.1) is 0 Å². The Kier molecular flexibility index (Phi) is 3.61. The predicted octanol–water partition coefficient (Wildman–Crippen LogP) is 1.11. The molecule has 0 saturated heterocycles. The highest BCUT2D eigenvalue weighted by atomic mass is 16.7. The molecule has 0 amide bonds. The third kappa shape index (κ3) is 2.61. The molecule has 2 aromatic rings. The van der Waals surface area contributed by atoms with Crippen LogP contribution in [0.25, 0.3) is 0 Å². The molecular formula is C13H15N5O3. The van der Waals surface area contributed by atoms with Crippen LogP contribution in [0.5, 0.6) is 17.2 Å². The summed E-state index contributed by atoms with van der Waals surface area (Å²) < 4.78 is 15.9. The van der Waals surface area contributed by atoms with Gasteiger partial charge in [-0.3, -0.25) is 0 Å². The van der Waals surface area contributed by atoms with E-state index >= 15 is 0 Å². The van der Waals surface area contributed by atoms with Gasteiger partial charge in [0.25, 0.3) is 0 Å². The third-order valence-corrected chi connectivity index (χ3v) is 3.04. The number of nitrogen functional groups attached to an aromatic ring is 1. The first kappa shape index (κ1) is 13.3. The summed E-state index contributed by atoms with van der Waals surface area (Å²) >= 11 is 0. The second-order valence-electron chi connectivity index (χ2n) is 4.29. The summed E-state index contributed by atoms with van der Waals surface area (Å²) in [6, 6.07) is 5.75. The fourth-order valence-electron chi connectivity index (χ4n) is 2.03. The van der Waals surface area contributed by atoms with Crippen LogP contribution in [-0.4, -0.2) is 23.9 Å². The monoisotopic (exact) mass is 289 g/mol. The highest BCUT2D eigenvalue weighted by Gasteiger charge is 2.14. The minimum absolute atomic E-state index is 0.261. The molecule has 110 valence electrons. The number of hydrogen-bond acceptors (Lipinski definition) is 8. The van der Waals surface area contributed by atoms with Gasteiger partial charge in [-0.1, -0.05) is 6.07 Å². The molecule has 0 fully saturated rings. The first-order valence-electron chi connectivity index (χ1n) is 6.30. The zero-order valence-corrected chi connectivity index (χ0v) is 11.4. The minimum Gasteiger partial charge on any atom is -0.490 e. The summed E-state index contributed by atoms with van der Waals surface area (Å²) in [7, 11) is 1.53. The molecule has 1 aliphatic heterocycles. The summed E-state index contributed by atoms with van der Waals surface area (Å²) in [6.45, 7) is 0.811. The van der Waals surface area contributed by atoms with Crippen molar-refractivity contribution in [1.29, 1.82) is 0 Å². The summed E-state index contributed by atoms with van der Waals surface area (Å²) in [5, 5.41) is 3.18. The van der Waals surface area contributed by atoms with E-state index in [9.17, 15) is 0 Å². The number of nitrogens with two attached hydrogens (primary N) is 1. The lowest BCUT2D eigenvalue weighted by Crippen LogP contribution is -2.12. The van der Waals surface area contributed by atoms with Crippen molar-refractivity contribution < 1.29 is 14.2 Å². The molecule has 3 rings (SSSR count). The fraction of sp³-hybridized carbons (Fsp3) is 0.231. The predicted molar refractivity (Wildman–Crippen MR) is 76.3 cm³/mol. The lowest BCUT2D eigenvalue weighted by molar-refractivity contribution is 0.174. The molecule has 1 aromatic heterocycles. The Labute approximate surface area is 121 Å². The molecule has 8 nitrogen and oxygen atoms in total. The van der Waals surface area contributed by atoms with Crippen molar-refractivity contribution in [1.82, 2.24) is 9.97 Å². The van der Waals surface area contributed by atoms with E-state index in [-0.39, 0.29) is 6.79 Å². The van der Waals surface area contributed by atoms with Gasteiger partial charge in [0.05, 0.1) is 7.11 Å². The number of aromatic nitrogens is 2. The summed E-state index contributed by atoms with van der Waals surface area (Å²) in [4.78, 5) is 8.13. The highest BCUT2D eigenvalue weighted by Crippen LogP contribution is 2.33. The standard InChI is InChI=1S/C13H15N5O3/c1-19-11-12(16-6-17-13(11)18-14)15-5-8-2-3-9-10(4-8)21-7-20-9/h2-4,6H,5,7,14H2,1H3,(H2,15,16,17,18). The Morgan fingerprint density at radius 3 is 2.86 bits per heavy atom. The van der Waals surface area contributed by atoms with E-state index in [1.165, 1.54) is 13.4 Å². The van der Waals surface area contributed by atoms with Gasteiger partial charge in [-0.2, -0.15) is 0 Å². The van der Waals surface area contributed by atoms with Crippen molar-refractivity contribution in [3.05, 3.63) is 30.1 Å². The number of hydrogen-bond donors (Lipinski definition) is 3. The Morgan fingerprint density at radius 1 is 1.24 bits per heavy atom. The van der Waals surface area contributed by atoms with Crippen LogP contribution >= 0.6 is 0 Å². The van der Waals surface area contributed by atoms with Gasteiger partial charge < -0.3 is 25.0 Å². The maximum Gasteiger partial charge on any atom is 0.231 e. The van der Waals surface area contributed by atoms with Crippen LogP contribution < -0.4 is 30.8 Å². The van der Waals surface area contributed by atoms with Crippen molar-refractivity contribution in [2.75, 3.05) is 24.6 Å². The van der Waals surface area contributed by atoms with E-state index in [0.29, 0.717) is 23.9 Å². The summed E-state index contributed by atoms with van der Waals surface area (Å²) in [5.41, 5.74) is 3.50. The lowest BCUT2D eigenvalue weighted by Gasteiger charge is -2.12. The summed E-state index contributed by atoms with van der Waals surface area (Å²) in [6.07, 6.45) is 1.40. The SMILES string of the molecule is COc1c(NN)ncnc1NCc1ccc2c(c1)OCO2. The average Bonchev–Trinajstić information content (AvgIpc) is 2.99. The molecule has 0 unspecified atom stereocenters. The molecule has 1 aromatic carbocycles. The van der Waals surface area contributed by atoms with Gasteiger partial charge in [0, 0.05) is 6.54 Å². The molecule has 8 heteroatoms. The Morgan fingerprint density at radius 2 is 2.05 bits per heavy atom. The number of rotatable bonds is 5. The highest BCUT2D eigenvalue weighted by molar-refractivity contribution is 5.63. The number of anilines is 2. The molecule has 0 radical (unpaired) electrons. The largest absolute Gasteiger partial charge is 0.490 e. The summed E-state index contributed by atoms with van der Waals surface area (Å²) in [5.74, 6) is 8.32. The number of ether oxygens (including phenoxy) is 3. The number of hydrazine groups is 1. The topological polar surface area (TPSA) is 104 Å². The molecule has 0 atom stereocenters. The van der Waals surface area contributed by atoms with Crippen LogP contribution in [0.4, 0.5) is 11.6 Å². The lowest BCUT2D eigenvalue weighted by atomic mass is 10.2. The van der Waals surface area contributed by atoms with Gasteiger partial charge in [0.15, 0.2) is 23.1 Å². The molecule has 21 heavy (non-hydrogen) atoms. The smallest absolute Gasteiger partial charge is 0.231 e. The maximum absolute atomic E-state index is 5.39. The molecule has 0 bridgehead atoms. The third-order valence-electron chi connectivity index (χ3n) is 3.04. The molecule has 0 aliphatic carbocycles.